The van der Waals surface area contributed by atoms with Gasteiger partial charge in [-0.25, -0.2) is 0 Å². The van der Waals surface area contributed by atoms with E-state index in [1.807, 2.05) is 18.2 Å². The van der Waals surface area contributed by atoms with Crippen molar-refractivity contribution in [1.82, 2.24) is 10.2 Å². The molecule has 0 saturated carbocycles. The second kappa shape index (κ2) is 13.9. The number of carbonyl (C=O) groups excluding carboxylic acids is 1. The quantitative estimate of drug-likeness (QED) is 0.252. The van der Waals surface area contributed by atoms with Gasteiger partial charge in [0.15, 0.2) is 5.84 Å². The number of ether oxygens (including phenoxy) is 2. The van der Waals surface area contributed by atoms with Crippen molar-refractivity contribution in [1.29, 1.82) is 0 Å². The Hall–Kier alpha value is -3.79. The Labute approximate surface area is 256 Å². The highest BCUT2D eigenvalue weighted by atomic mass is 35.5. The fraction of sp³-hybridized carbons (Fsp3) is 0.323. The molecule has 222 valence electrons. The number of likely N-dealkylation sites (tertiary alicyclic amines) is 1. The van der Waals surface area contributed by atoms with Crippen molar-refractivity contribution in [3.63, 3.8) is 0 Å². The molecule has 1 amide bonds. The number of nitrogen functional groups attached to an aromatic ring is 1. The first kappa shape index (κ1) is 31.2. The van der Waals surface area contributed by atoms with Gasteiger partial charge in [-0.2, -0.15) is 0 Å². The molecule has 0 bridgehead atoms. The molecule has 2 heterocycles. The second-order valence-corrected chi connectivity index (χ2v) is 10.9. The van der Waals surface area contributed by atoms with Gasteiger partial charge in [0.1, 0.15) is 17.2 Å². The predicted molar refractivity (Wildman–Crippen MR) is 173 cm³/mol. The van der Waals surface area contributed by atoms with Crippen LogP contribution in [0.3, 0.4) is 0 Å². The van der Waals surface area contributed by atoms with Crippen LogP contribution in [0, 0.1) is 5.92 Å². The molecule has 0 aromatic heterocycles. The number of aliphatic imine (C=N–C) groups is 2. The van der Waals surface area contributed by atoms with E-state index in [0.29, 0.717) is 73.8 Å². The number of nitrogens with two attached hydrogens (primary N) is 1. The zero-order chi connectivity index (χ0) is 30.4. The highest BCUT2D eigenvalue weighted by Gasteiger charge is 2.27. The number of anilines is 2. The van der Waals surface area contributed by atoms with E-state index >= 15 is 0 Å². The number of amidine groups is 1. The van der Waals surface area contributed by atoms with E-state index in [0.717, 1.165) is 31.5 Å². The molecular weight excluding hydrogens is 575 g/mol. The number of nitrogens with one attached hydrogen (secondary N) is 2. The van der Waals surface area contributed by atoms with Gasteiger partial charge in [0.2, 0.25) is 5.91 Å². The van der Waals surface area contributed by atoms with Crippen LogP contribution in [-0.4, -0.2) is 63.3 Å². The van der Waals surface area contributed by atoms with Crippen LogP contribution >= 0.6 is 23.2 Å². The number of allylic oxidation sites excluding steroid dienone is 1. The normalized spacial score (nSPS) is 18.0. The monoisotopic (exact) mass is 610 g/mol. The lowest BCUT2D eigenvalue weighted by Crippen LogP contribution is -2.36. The molecule has 2 aromatic rings. The summed E-state index contributed by atoms with van der Waals surface area (Å²) in [4.78, 5) is 24.0. The van der Waals surface area contributed by atoms with Crippen LogP contribution in [0.2, 0.25) is 10.0 Å². The fourth-order valence-corrected chi connectivity index (χ4v) is 5.54. The average Bonchev–Trinajstić information content (AvgIpc) is 2.98. The van der Waals surface area contributed by atoms with Crippen molar-refractivity contribution in [2.45, 2.75) is 19.4 Å². The van der Waals surface area contributed by atoms with Crippen LogP contribution in [0.25, 0.3) is 5.70 Å². The van der Waals surface area contributed by atoms with Crippen molar-refractivity contribution < 1.29 is 14.3 Å². The van der Waals surface area contributed by atoms with Crippen LogP contribution in [0.1, 0.15) is 24.0 Å². The summed E-state index contributed by atoms with van der Waals surface area (Å²) >= 11 is 13.5. The first-order chi connectivity index (χ1) is 20.2. The first-order valence-electron chi connectivity index (χ1n) is 13.5. The predicted octanol–water partition coefficient (Wildman–Crippen LogP) is 5.60. The first-order valence-corrected chi connectivity index (χ1v) is 14.3. The lowest BCUT2D eigenvalue weighted by Gasteiger charge is -2.29. The standard InChI is InChI=1S/C31H36Cl2N6O3/c1-6-25(40)37-21-9-7-8-20(29(21)34)17-35-30-18(2)14-22(26-27(32)23(41-4)15-24(42-5)28(26)33)38-31(30)36-16-19-10-12-39(3)13-11-19/h6-9,14-15,19H,1-2,10-13,16-17,34H2,3-5H3,(H,36,38)(H,37,40). The Balaban J connectivity index is 1.73. The number of benzene rings is 2. The average molecular weight is 612 g/mol. The summed E-state index contributed by atoms with van der Waals surface area (Å²) in [6.07, 6.45) is 5.14. The summed E-state index contributed by atoms with van der Waals surface area (Å²) in [7, 11) is 5.20. The van der Waals surface area contributed by atoms with Gasteiger partial charge < -0.3 is 30.7 Å². The minimum absolute atomic E-state index is 0.241. The molecule has 4 N–H and O–H groups in total. The molecule has 1 saturated heterocycles. The molecule has 0 radical (unpaired) electrons. The van der Waals surface area contributed by atoms with Crippen LogP contribution in [0.4, 0.5) is 11.4 Å². The summed E-state index contributed by atoms with van der Waals surface area (Å²) < 4.78 is 10.9. The molecule has 4 rings (SSSR count). The molecule has 9 nitrogen and oxygen atoms in total. The van der Waals surface area contributed by atoms with E-state index in [9.17, 15) is 4.79 Å². The summed E-state index contributed by atoms with van der Waals surface area (Å²) in [5, 5.41) is 6.79. The molecule has 2 aliphatic heterocycles. The molecule has 11 heteroatoms. The van der Waals surface area contributed by atoms with Gasteiger partial charge in [0, 0.05) is 18.2 Å². The van der Waals surface area contributed by atoms with Gasteiger partial charge >= 0.3 is 0 Å². The smallest absolute Gasteiger partial charge is 0.247 e. The van der Waals surface area contributed by atoms with E-state index in [-0.39, 0.29) is 12.5 Å². The Morgan fingerprint density at radius 3 is 2.48 bits per heavy atom. The molecule has 0 spiro atoms. The number of amides is 1. The van der Waals surface area contributed by atoms with Crippen molar-refractivity contribution >= 4 is 57.7 Å². The Bertz CT molecular complexity index is 1450. The Morgan fingerprint density at radius 1 is 1.19 bits per heavy atom. The number of methoxy groups -OCH3 is 2. The number of halogens is 2. The van der Waals surface area contributed by atoms with Crippen molar-refractivity contribution in [3.05, 3.63) is 76.3 Å². The molecule has 0 unspecified atom stereocenters. The lowest BCUT2D eigenvalue weighted by atomic mass is 9.97. The van der Waals surface area contributed by atoms with E-state index in [1.54, 1.807) is 12.1 Å². The number of nitrogens with zero attached hydrogens (tertiary/aromatic N) is 3. The van der Waals surface area contributed by atoms with Crippen molar-refractivity contribution in [2.24, 2.45) is 15.9 Å². The fourth-order valence-electron chi connectivity index (χ4n) is 4.84. The van der Waals surface area contributed by atoms with Crippen molar-refractivity contribution in [3.8, 4) is 11.5 Å². The lowest BCUT2D eigenvalue weighted by molar-refractivity contribution is -0.111. The molecule has 1 fully saturated rings. The largest absolute Gasteiger partial charge is 0.495 e. The van der Waals surface area contributed by atoms with Crippen LogP contribution < -0.4 is 25.8 Å². The maximum Gasteiger partial charge on any atom is 0.247 e. The van der Waals surface area contributed by atoms with E-state index in [4.69, 9.17) is 48.4 Å². The summed E-state index contributed by atoms with van der Waals surface area (Å²) in [6.45, 7) is 10.7. The van der Waals surface area contributed by atoms with Gasteiger partial charge in [-0.1, -0.05) is 48.5 Å². The van der Waals surface area contributed by atoms with E-state index < -0.39 is 0 Å². The molecule has 0 aliphatic carbocycles. The third-order valence-corrected chi connectivity index (χ3v) is 8.09. The van der Waals surface area contributed by atoms with Gasteiger partial charge in [-0.15, -0.1) is 0 Å². The highest BCUT2D eigenvalue weighted by Crippen LogP contribution is 2.43. The molecule has 2 aliphatic rings. The summed E-state index contributed by atoms with van der Waals surface area (Å²) in [5.74, 6) is 1.50. The van der Waals surface area contributed by atoms with Gasteiger partial charge in [-0.3, -0.25) is 14.8 Å². The molecule has 0 atom stereocenters. The topological polar surface area (TPSA) is 114 Å². The number of hydrogen-bond donors (Lipinski definition) is 3. The molecular formula is C31H36Cl2N6O3. The molecule has 2 aromatic carbocycles. The number of piperidine rings is 1. The van der Waals surface area contributed by atoms with Crippen LogP contribution in [-0.2, 0) is 11.3 Å². The zero-order valence-electron chi connectivity index (χ0n) is 24.1. The zero-order valence-corrected chi connectivity index (χ0v) is 25.6. The van der Waals surface area contributed by atoms with Gasteiger partial charge in [-0.05, 0) is 68.3 Å². The Kier molecular flexibility index (Phi) is 10.3. The minimum Gasteiger partial charge on any atom is -0.495 e. The summed E-state index contributed by atoms with van der Waals surface area (Å²) in [5.41, 5.74) is 10.3. The van der Waals surface area contributed by atoms with Crippen LogP contribution in [0.15, 0.2) is 65.1 Å². The maximum atomic E-state index is 11.8. The number of hydrogen-bond acceptors (Lipinski definition) is 7. The third-order valence-electron chi connectivity index (χ3n) is 7.34. The minimum atomic E-state index is -0.345. The second-order valence-electron chi connectivity index (χ2n) is 10.2. The van der Waals surface area contributed by atoms with E-state index in [1.165, 1.54) is 20.3 Å². The maximum absolute atomic E-state index is 11.8. The van der Waals surface area contributed by atoms with Crippen LogP contribution in [0.5, 0.6) is 11.5 Å². The number of para-hydroxylation sites is 1. The number of rotatable bonds is 9. The van der Waals surface area contributed by atoms with Crippen molar-refractivity contribution in [2.75, 3.05) is 52.0 Å². The molecule has 42 heavy (non-hydrogen) atoms. The van der Waals surface area contributed by atoms with Gasteiger partial charge in [0.05, 0.1) is 47.9 Å². The highest BCUT2D eigenvalue weighted by molar-refractivity contribution is 6.51. The Morgan fingerprint density at radius 2 is 1.86 bits per heavy atom. The van der Waals surface area contributed by atoms with E-state index in [2.05, 4.69) is 35.7 Å². The third kappa shape index (κ3) is 6.98. The SMILES string of the molecule is C=CC(=O)Nc1cccc(CN=C2C(=C)C=C(c3c(Cl)c(OC)cc(OC)c3Cl)NC2=NCC2CCN(C)CC2)c1N. The van der Waals surface area contributed by atoms with Gasteiger partial charge in [0.25, 0.3) is 0 Å². The summed E-state index contributed by atoms with van der Waals surface area (Å²) in [6, 6.07) is 7.05. The number of carbonyl (C=O) groups is 1.